The van der Waals surface area contributed by atoms with E-state index in [4.69, 9.17) is 23.7 Å². The summed E-state index contributed by atoms with van der Waals surface area (Å²) < 4.78 is 24.8. The molecule has 0 saturated heterocycles. The van der Waals surface area contributed by atoms with Gasteiger partial charge in [0.25, 0.3) is 11.4 Å². The molecule has 0 atom stereocenters. The lowest BCUT2D eigenvalue weighted by Crippen LogP contribution is -2.16. The van der Waals surface area contributed by atoms with Gasteiger partial charge in [0.15, 0.2) is 17.2 Å². The van der Waals surface area contributed by atoms with Gasteiger partial charge in [0.05, 0.1) is 36.7 Å². The third kappa shape index (κ3) is 6.40. The zero-order valence-corrected chi connectivity index (χ0v) is 20.5. The minimum atomic E-state index is -1.26. The van der Waals surface area contributed by atoms with Crippen molar-refractivity contribution >= 4 is 29.3 Å². The summed E-state index contributed by atoms with van der Waals surface area (Å²) in [4.78, 5) is 59.4. The number of esters is 1. The summed E-state index contributed by atoms with van der Waals surface area (Å²) in [7, 11) is 2.51. The highest BCUT2D eigenvalue weighted by atomic mass is 16.7. The van der Waals surface area contributed by atoms with E-state index in [-0.39, 0.29) is 29.5 Å². The largest absolute Gasteiger partial charge is 0.515 e. The molecule has 1 aromatic heterocycles. The van der Waals surface area contributed by atoms with Crippen LogP contribution in [0.2, 0.25) is 0 Å². The molecule has 0 N–H and O–H groups in total. The Morgan fingerprint density at radius 2 is 1.51 bits per heavy atom. The van der Waals surface area contributed by atoms with E-state index in [1.165, 1.54) is 21.1 Å². The normalized spacial score (nSPS) is 10.3. The smallest absolute Gasteiger partial charge is 0.493 e. The van der Waals surface area contributed by atoms with Crippen LogP contribution in [0.3, 0.4) is 0 Å². The highest BCUT2D eigenvalue weighted by Crippen LogP contribution is 2.35. The molecule has 0 radical (unpaired) electrons. The zero-order valence-electron chi connectivity index (χ0n) is 20.5. The van der Waals surface area contributed by atoms with E-state index in [2.05, 4.69) is 10.2 Å². The van der Waals surface area contributed by atoms with Crippen LogP contribution in [0.15, 0.2) is 36.4 Å². The van der Waals surface area contributed by atoms with Gasteiger partial charge in [0, 0.05) is 18.2 Å². The second kappa shape index (κ2) is 12.1. The third-order valence-corrected chi connectivity index (χ3v) is 4.83. The fourth-order valence-corrected chi connectivity index (χ4v) is 3.10. The summed E-state index contributed by atoms with van der Waals surface area (Å²) in [6.07, 6.45) is -1.26. The Hall–Kier alpha value is -5.61. The van der Waals surface area contributed by atoms with Gasteiger partial charge in [-0.25, -0.2) is 9.59 Å². The lowest BCUT2D eigenvalue weighted by atomic mass is 10.0. The van der Waals surface area contributed by atoms with Crippen molar-refractivity contribution in [2.45, 2.75) is 13.7 Å². The lowest BCUT2D eigenvalue weighted by molar-refractivity contribution is -0.385. The van der Waals surface area contributed by atoms with Gasteiger partial charge in [0.2, 0.25) is 18.2 Å². The van der Waals surface area contributed by atoms with Crippen molar-refractivity contribution in [3.8, 4) is 17.2 Å². The first-order valence-electron chi connectivity index (χ1n) is 10.8. The van der Waals surface area contributed by atoms with Gasteiger partial charge < -0.3 is 23.7 Å². The van der Waals surface area contributed by atoms with Gasteiger partial charge in [-0.1, -0.05) is 0 Å². The summed E-state index contributed by atoms with van der Waals surface area (Å²) in [6.45, 7) is 0.660. The highest BCUT2D eigenvalue weighted by Gasteiger charge is 2.32. The average molecular weight is 545 g/mol. The molecule has 204 valence electrons. The maximum atomic E-state index is 13.3. The number of methoxy groups -OCH3 is 2. The number of carbonyl (C=O) groups is 3. The van der Waals surface area contributed by atoms with Gasteiger partial charge in [-0.15, -0.1) is 15.0 Å². The molecule has 0 aliphatic heterocycles. The number of ketones is 1. The Morgan fingerprint density at radius 1 is 0.897 bits per heavy atom. The summed E-state index contributed by atoms with van der Waals surface area (Å²) in [6, 6.07) is 6.56. The number of benzene rings is 2. The van der Waals surface area contributed by atoms with Crippen molar-refractivity contribution in [1.82, 2.24) is 15.0 Å². The number of rotatable bonds is 11. The fourth-order valence-electron chi connectivity index (χ4n) is 3.10. The molecule has 0 spiro atoms. The molecule has 0 fully saturated rings. The number of carbonyl (C=O) groups excluding carboxylic acids is 3. The Kier molecular flexibility index (Phi) is 8.67. The predicted octanol–water partition coefficient (Wildman–Crippen LogP) is 2.69. The van der Waals surface area contributed by atoms with E-state index < -0.39 is 57.1 Å². The number of ether oxygens (including phenoxy) is 5. The molecule has 2 aromatic carbocycles. The van der Waals surface area contributed by atoms with Crippen LogP contribution in [-0.2, 0) is 16.2 Å². The van der Waals surface area contributed by atoms with Crippen molar-refractivity contribution in [2.24, 2.45) is 0 Å². The van der Waals surface area contributed by atoms with Crippen molar-refractivity contribution in [3.63, 3.8) is 0 Å². The molecule has 0 saturated carbocycles. The molecule has 0 amide bonds. The maximum absolute atomic E-state index is 13.3. The van der Waals surface area contributed by atoms with Crippen LogP contribution in [0.1, 0.15) is 33.5 Å². The van der Waals surface area contributed by atoms with E-state index in [0.717, 1.165) is 36.4 Å². The third-order valence-electron chi connectivity index (χ3n) is 4.83. The number of hydrogen-bond acceptors (Lipinski definition) is 14. The Labute approximate surface area is 218 Å². The van der Waals surface area contributed by atoms with Crippen molar-refractivity contribution in [1.29, 1.82) is 0 Å². The summed E-state index contributed by atoms with van der Waals surface area (Å²) in [5.41, 5.74) is -2.61. The van der Waals surface area contributed by atoms with Crippen LogP contribution in [0.5, 0.6) is 17.2 Å². The molecule has 39 heavy (non-hydrogen) atoms. The van der Waals surface area contributed by atoms with Crippen molar-refractivity contribution in [2.75, 3.05) is 20.8 Å². The first-order chi connectivity index (χ1) is 18.6. The number of aromatic nitrogens is 3. The summed E-state index contributed by atoms with van der Waals surface area (Å²) >= 11 is 0. The standard InChI is InChI=1S/C22H19N5O12/c1-4-37-21(29)19-18(20(28)14-9-16(35-2)17(36-3)10-15(14)27(33)34)23-25(24-19)11-38-22(30)39-13-7-5-12(6-8-13)26(31)32/h5-10H,4,11H2,1-3H3. The number of nitro groups is 2. The fraction of sp³-hybridized carbons (Fsp3) is 0.227. The van der Waals surface area contributed by atoms with E-state index >= 15 is 0 Å². The maximum Gasteiger partial charge on any atom is 0.515 e. The lowest BCUT2D eigenvalue weighted by Gasteiger charge is -2.09. The second-order valence-corrected chi connectivity index (χ2v) is 7.18. The minimum Gasteiger partial charge on any atom is -0.493 e. The molecule has 3 rings (SSSR count). The molecule has 3 aromatic rings. The Balaban J connectivity index is 1.89. The summed E-state index contributed by atoms with van der Waals surface area (Å²) in [5, 5.41) is 30.0. The second-order valence-electron chi connectivity index (χ2n) is 7.18. The first-order valence-corrected chi connectivity index (χ1v) is 10.8. The molecule has 17 nitrogen and oxygen atoms in total. The summed E-state index contributed by atoms with van der Waals surface area (Å²) in [5.74, 6) is -2.24. The number of non-ortho nitro benzene ring substituents is 1. The van der Waals surface area contributed by atoms with Crippen molar-refractivity contribution in [3.05, 3.63) is 73.6 Å². The number of nitro benzene ring substituents is 2. The van der Waals surface area contributed by atoms with E-state index in [9.17, 15) is 34.6 Å². The molecular weight excluding hydrogens is 526 g/mol. The quantitative estimate of drug-likeness (QED) is 0.111. The van der Waals surface area contributed by atoms with Gasteiger partial charge in [0.1, 0.15) is 11.3 Å². The Bertz CT molecular complexity index is 1430. The van der Waals surface area contributed by atoms with Gasteiger partial charge in [-0.3, -0.25) is 25.0 Å². The van der Waals surface area contributed by atoms with Crippen LogP contribution in [0.4, 0.5) is 16.2 Å². The van der Waals surface area contributed by atoms with Crippen LogP contribution in [0.25, 0.3) is 0 Å². The van der Waals surface area contributed by atoms with Crippen LogP contribution < -0.4 is 14.2 Å². The SMILES string of the molecule is CCOC(=O)c1nn(COC(=O)Oc2ccc([N+](=O)[O-])cc2)nc1C(=O)c1cc(OC)c(OC)cc1[N+](=O)[O-]. The van der Waals surface area contributed by atoms with Crippen LogP contribution in [0, 0.1) is 20.2 Å². The Morgan fingerprint density at radius 3 is 2.08 bits per heavy atom. The number of hydrogen-bond donors (Lipinski definition) is 0. The average Bonchev–Trinajstić information content (AvgIpc) is 3.35. The minimum absolute atomic E-state index is 0.00569. The predicted molar refractivity (Wildman–Crippen MR) is 126 cm³/mol. The van der Waals surface area contributed by atoms with Gasteiger partial charge in [-0.2, -0.15) is 0 Å². The molecule has 0 aliphatic carbocycles. The van der Waals surface area contributed by atoms with Crippen molar-refractivity contribution < 1.29 is 47.9 Å². The van der Waals surface area contributed by atoms with Crippen LogP contribution in [-0.4, -0.2) is 63.6 Å². The molecule has 0 aliphatic rings. The highest BCUT2D eigenvalue weighted by molar-refractivity contribution is 6.14. The number of nitrogens with zero attached hydrogens (tertiary/aromatic N) is 5. The first kappa shape index (κ1) is 28.0. The molecule has 0 unspecified atom stereocenters. The monoisotopic (exact) mass is 545 g/mol. The molecule has 17 heteroatoms. The van der Waals surface area contributed by atoms with E-state index in [1.807, 2.05) is 0 Å². The molecule has 1 heterocycles. The van der Waals surface area contributed by atoms with Gasteiger partial charge >= 0.3 is 12.1 Å². The topological polar surface area (TPSA) is 214 Å². The van der Waals surface area contributed by atoms with E-state index in [1.54, 1.807) is 0 Å². The van der Waals surface area contributed by atoms with Crippen LogP contribution >= 0.6 is 0 Å². The van der Waals surface area contributed by atoms with E-state index in [0.29, 0.717) is 4.80 Å². The molecular formula is C22H19N5O12. The zero-order chi connectivity index (χ0) is 28.7. The molecule has 0 bridgehead atoms. The van der Waals surface area contributed by atoms with Gasteiger partial charge in [-0.05, 0) is 19.1 Å².